The zero-order valence-electron chi connectivity index (χ0n) is 14.8. The van der Waals surface area contributed by atoms with Gasteiger partial charge in [0.2, 0.25) is 0 Å². The molecule has 0 N–H and O–H groups in total. The maximum atomic E-state index is 12.5. The molecule has 1 amide bonds. The summed E-state index contributed by atoms with van der Waals surface area (Å²) in [7, 11) is 1.33. The van der Waals surface area contributed by atoms with E-state index in [0.717, 1.165) is 20.7 Å². The minimum atomic E-state index is -0.411. The van der Waals surface area contributed by atoms with E-state index in [0.29, 0.717) is 9.82 Å². The van der Waals surface area contributed by atoms with Gasteiger partial charge in [0, 0.05) is 9.92 Å². The fraction of sp³-hybridized carbons (Fsp3) is 0.211. The summed E-state index contributed by atoms with van der Waals surface area (Å²) < 4.78 is 7.29. The van der Waals surface area contributed by atoms with Crippen molar-refractivity contribution >= 4 is 56.8 Å². The number of hydrogen-bond donors (Lipinski definition) is 0. The second-order valence-corrected chi connectivity index (χ2v) is 8.01. The highest BCUT2D eigenvalue weighted by atomic mass is 35.5. The maximum Gasteiger partial charge on any atom is 0.325 e. The fourth-order valence-corrected chi connectivity index (χ4v) is 4.27. The second kappa shape index (κ2) is 8.73. The zero-order valence-corrected chi connectivity index (χ0v) is 17.2. The molecule has 0 aliphatic rings. The van der Waals surface area contributed by atoms with Crippen molar-refractivity contribution in [1.82, 2.24) is 4.57 Å². The summed E-state index contributed by atoms with van der Waals surface area (Å²) in [6.07, 6.45) is 2.20. The number of esters is 1. The zero-order chi connectivity index (χ0) is 19.4. The van der Waals surface area contributed by atoms with Crippen LogP contribution in [0.4, 0.5) is 0 Å². The normalized spacial score (nSPS) is 11.7. The van der Waals surface area contributed by atoms with Gasteiger partial charge in [0.15, 0.2) is 4.80 Å². The van der Waals surface area contributed by atoms with Crippen LogP contribution in [-0.2, 0) is 27.3 Å². The van der Waals surface area contributed by atoms with Crippen molar-refractivity contribution in [3.8, 4) is 0 Å². The van der Waals surface area contributed by atoms with E-state index in [2.05, 4.69) is 4.99 Å². The van der Waals surface area contributed by atoms with Crippen LogP contribution in [0.1, 0.15) is 5.56 Å². The molecule has 1 heterocycles. The highest BCUT2D eigenvalue weighted by Crippen LogP contribution is 2.22. The Bertz CT molecular complexity index is 1050. The Morgan fingerprint density at radius 1 is 1.22 bits per heavy atom. The number of fused-ring (bicyclic) bond motifs is 1. The summed E-state index contributed by atoms with van der Waals surface area (Å²) >= 11 is 9.02. The number of ether oxygens (including phenoxy) is 1. The van der Waals surface area contributed by atoms with Gasteiger partial charge in [0.25, 0.3) is 5.91 Å². The van der Waals surface area contributed by atoms with Gasteiger partial charge in [0.1, 0.15) is 6.54 Å². The number of thioether (sulfide) groups is 1. The summed E-state index contributed by atoms with van der Waals surface area (Å²) in [4.78, 5) is 30.1. The van der Waals surface area contributed by atoms with E-state index in [9.17, 15) is 9.59 Å². The summed E-state index contributed by atoms with van der Waals surface area (Å²) in [5, 5.41) is 0.584. The molecule has 0 aliphatic carbocycles. The lowest BCUT2D eigenvalue weighted by Gasteiger charge is -2.04. The van der Waals surface area contributed by atoms with E-state index in [1.165, 1.54) is 18.4 Å². The molecule has 0 radical (unpaired) electrons. The quantitative estimate of drug-likeness (QED) is 0.463. The minimum Gasteiger partial charge on any atom is -0.468 e. The number of amides is 1. The predicted octanol–water partition coefficient (Wildman–Crippen LogP) is 3.92. The SMILES string of the molecule is COC(=O)Cn1c(=NC(=O)Cc2ccc(SC)cc2)sc2cc(Cl)ccc21. The van der Waals surface area contributed by atoms with Gasteiger partial charge in [0.05, 0.1) is 23.7 Å². The summed E-state index contributed by atoms with van der Waals surface area (Å²) in [6.45, 7) is -0.0212. The minimum absolute atomic E-state index is 0.0212. The first-order chi connectivity index (χ1) is 13.0. The third-order valence-corrected chi connectivity index (χ3v) is 5.91. The van der Waals surface area contributed by atoms with Crippen LogP contribution in [0.3, 0.4) is 0 Å². The number of halogens is 1. The van der Waals surface area contributed by atoms with E-state index in [-0.39, 0.29) is 18.9 Å². The van der Waals surface area contributed by atoms with Crippen LogP contribution in [-0.4, -0.2) is 29.8 Å². The lowest BCUT2D eigenvalue weighted by Crippen LogP contribution is -2.22. The topological polar surface area (TPSA) is 60.7 Å². The Morgan fingerprint density at radius 2 is 1.96 bits per heavy atom. The molecule has 0 aliphatic heterocycles. The van der Waals surface area contributed by atoms with Crippen LogP contribution in [0.15, 0.2) is 52.4 Å². The van der Waals surface area contributed by atoms with Crippen molar-refractivity contribution in [3.63, 3.8) is 0 Å². The van der Waals surface area contributed by atoms with Crippen LogP contribution in [0.5, 0.6) is 0 Å². The van der Waals surface area contributed by atoms with Crippen molar-refractivity contribution in [2.75, 3.05) is 13.4 Å². The number of methoxy groups -OCH3 is 1. The van der Waals surface area contributed by atoms with Crippen molar-refractivity contribution < 1.29 is 14.3 Å². The fourth-order valence-electron chi connectivity index (χ4n) is 2.54. The van der Waals surface area contributed by atoms with Crippen LogP contribution in [0, 0.1) is 0 Å². The molecule has 0 saturated heterocycles. The van der Waals surface area contributed by atoms with Gasteiger partial charge in [-0.05, 0) is 42.2 Å². The molecule has 140 valence electrons. The van der Waals surface area contributed by atoms with Crippen LogP contribution >= 0.6 is 34.7 Å². The molecule has 3 aromatic rings. The van der Waals surface area contributed by atoms with Gasteiger partial charge in [-0.1, -0.05) is 35.1 Å². The lowest BCUT2D eigenvalue weighted by molar-refractivity contribution is -0.141. The molecule has 2 aromatic carbocycles. The third kappa shape index (κ3) is 4.80. The summed E-state index contributed by atoms with van der Waals surface area (Å²) in [5.74, 6) is -0.686. The van der Waals surface area contributed by atoms with Gasteiger partial charge < -0.3 is 9.30 Å². The Balaban J connectivity index is 1.96. The number of hydrogen-bond acceptors (Lipinski definition) is 5. The summed E-state index contributed by atoms with van der Waals surface area (Å²) in [6, 6.07) is 13.1. The van der Waals surface area contributed by atoms with Gasteiger partial charge in [-0.25, -0.2) is 0 Å². The van der Waals surface area contributed by atoms with Gasteiger partial charge >= 0.3 is 5.97 Å². The van der Waals surface area contributed by atoms with E-state index in [1.54, 1.807) is 28.5 Å². The number of nitrogens with zero attached hydrogens (tertiary/aromatic N) is 2. The third-order valence-electron chi connectivity index (χ3n) is 3.89. The smallest absolute Gasteiger partial charge is 0.325 e. The maximum absolute atomic E-state index is 12.5. The monoisotopic (exact) mass is 420 g/mol. The Morgan fingerprint density at radius 3 is 2.63 bits per heavy atom. The van der Waals surface area contributed by atoms with Gasteiger partial charge in [-0.2, -0.15) is 4.99 Å². The molecular weight excluding hydrogens is 404 g/mol. The van der Waals surface area contributed by atoms with Crippen molar-refractivity contribution in [2.24, 2.45) is 4.99 Å². The van der Waals surface area contributed by atoms with E-state index in [1.807, 2.05) is 36.6 Å². The molecule has 0 unspecified atom stereocenters. The number of benzene rings is 2. The molecule has 27 heavy (non-hydrogen) atoms. The molecular formula is C19H17ClN2O3S2. The Kier molecular flexibility index (Phi) is 6.36. The molecule has 0 spiro atoms. The first-order valence-electron chi connectivity index (χ1n) is 8.06. The van der Waals surface area contributed by atoms with E-state index in [4.69, 9.17) is 16.3 Å². The Hall–Kier alpha value is -2.09. The average molecular weight is 421 g/mol. The first kappa shape index (κ1) is 19.7. The largest absolute Gasteiger partial charge is 0.468 e. The van der Waals surface area contributed by atoms with Crippen LogP contribution < -0.4 is 4.80 Å². The predicted molar refractivity (Wildman–Crippen MR) is 109 cm³/mol. The number of rotatable bonds is 5. The molecule has 0 saturated carbocycles. The average Bonchev–Trinajstić information content (AvgIpc) is 2.98. The number of carbonyl (C=O) groups excluding carboxylic acids is 2. The standard InChI is InChI=1S/C19H17ClN2O3S2/c1-25-18(24)11-22-15-8-5-13(20)10-16(15)27-19(22)21-17(23)9-12-3-6-14(26-2)7-4-12/h3-8,10H,9,11H2,1-2H3. The molecule has 5 nitrogen and oxygen atoms in total. The highest BCUT2D eigenvalue weighted by Gasteiger charge is 2.12. The molecule has 0 atom stereocenters. The van der Waals surface area contributed by atoms with Crippen molar-refractivity contribution in [3.05, 3.63) is 57.9 Å². The highest BCUT2D eigenvalue weighted by molar-refractivity contribution is 7.98. The number of thiazole rings is 1. The molecule has 0 fully saturated rings. The van der Waals surface area contributed by atoms with Gasteiger partial charge in [-0.15, -0.1) is 11.8 Å². The molecule has 3 rings (SSSR count). The number of carbonyl (C=O) groups is 2. The molecule has 0 bridgehead atoms. The first-order valence-corrected chi connectivity index (χ1v) is 10.5. The van der Waals surface area contributed by atoms with E-state index >= 15 is 0 Å². The Labute approximate surface area is 169 Å². The molecule has 8 heteroatoms. The molecule has 1 aromatic heterocycles. The van der Waals surface area contributed by atoms with Crippen molar-refractivity contribution in [1.29, 1.82) is 0 Å². The lowest BCUT2D eigenvalue weighted by atomic mass is 10.1. The number of aromatic nitrogens is 1. The second-order valence-electron chi connectivity index (χ2n) is 5.69. The van der Waals surface area contributed by atoms with E-state index < -0.39 is 5.97 Å². The summed E-state index contributed by atoms with van der Waals surface area (Å²) in [5.41, 5.74) is 1.68. The van der Waals surface area contributed by atoms with Crippen LogP contribution in [0.25, 0.3) is 10.2 Å². The van der Waals surface area contributed by atoms with Crippen LogP contribution in [0.2, 0.25) is 5.02 Å². The van der Waals surface area contributed by atoms with Gasteiger partial charge in [-0.3, -0.25) is 9.59 Å². The van der Waals surface area contributed by atoms with Crippen molar-refractivity contribution in [2.45, 2.75) is 17.9 Å².